The van der Waals surface area contributed by atoms with Crippen LogP contribution in [-0.2, 0) is 17.3 Å². The van der Waals surface area contributed by atoms with Crippen molar-refractivity contribution in [3.63, 3.8) is 0 Å². The Labute approximate surface area is 442 Å². The minimum absolute atomic E-state index is 0.135. The van der Waals surface area contributed by atoms with E-state index in [2.05, 4.69) is 273 Å². The molecule has 0 bridgehead atoms. The molecule has 75 heavy (non-hydrogen) atoms. The molecule has 2 spiro atoms. The van der Waals surface area contributed by atoms with Crippen LogP contribution < -0.4 is 0 Å². The first-order chi connectivity index (χ1) is 37.2. The summed E-state index contributed by atoms with van der Waals surface area (Å²) in [5, 5.41) is 0. The van der Waals surface area contributed by atoms with Gasteiger partial charge in [-0.05, 0) is 129 Å². The zero-order valence-electron chi connectivity index (χ0n) is 41.2. The first kappa shape index (κ1) is 42.6. The van der Waals surface area contributed by atoms with Gasteiger partial charge in [0, 0.05) is 21.2 Å². The number of hydrogen-bond donors (Lipinski definition) is 0. The number of hydrogen-bond acceptors (Lipinski definition) is 1. The first-order valence-corrected chi connectivity index (χ1v) is 27.2. The van der Waals surface area contributed by atoms with Crippen molar-refractivity contribution in [1.29, 1.82) is 0 Å². The van der Waals surface area contributed by atoms with E-state index in [0.717, 1.165) is 6.42 Å². The highest BCUT2D eigenvalue weighted by Crippen LogP contribution is 2.69. The van der Waals surface area contributed by atoms with E-state index < -0.39 is 5.41 Å². The third-order valence-electron chi connectivity index (χ3n) is 17.3. The molecule has 0 aliphatic heterocycles. The van der Waals surface area contributed by atoms with Crippen molar-refractivity contribution < 1.29 is 0 Å². The molecule has 16 rings (SSSR count). The van der Waals surface area contributed by atoms with Crippen LogP contribution >= 0.6 is 11.3 Å². The van der Waals surface area contributed by atoms with Gasteiger partial charge in [0.05, 0.1) is 10.8 Å². The Morgan fingerprint density at radius 3 is 1.31 bits per heavy atom. The van der Waals surface area contributed by atoms with Crippen molar-refractivity contribution in [3.8, 4) is 76.5 Å². The lowest BCUT2D eigenvalue weighted by molar-refractivity contribution is 0.773. The van der Waals surface area contributed by atoms with E-state index in [1.165, 1.54) is 138 Å². The molecular formula is C74H48S. The summed E-state index contributed by atoms with van der Waals surface area (Å²) in [4.78, 5) is 2.67. The molecule has 2 atom stereocenters. The second-order valence-corrected chi connectivity index (χ2v) is 21.9. The molecular weight excluding hydrogens is 921 g/mol. The summed E-state index contributed by atoms with van der Waals surface area (Å²) in [5.41, 5.74) is 29.8. The third kappa shape index (κ3) is 5.82. The molecule has 350 valence electrons. The fourth-order valence-corrected chi connectivity index (χ4v) is 15.8. The van der Waals surface area contributed by atoms with E-state index in [0.29, 0.717) is 0 Å². The predicted octanol–water partition coefficient (Wildman–Crippen LogP) is 18.8. The molecule has 2 unspecified atom stereocenters. The van der Waals surface area contributed by atoms with Crippen LogP contribution in [0.2, 0.25) is 0 Å². The summed E-state index contributed by atoms with van der Waals surface area (Å²) < 4.78 is 0. The topological polar surface area (TPSA) is 0 Å². The van der Waals surface area contributed by atoms with E-state index in [-0.39, 0.29) is 11.3 Å². The van der Waals surface area contributed by atoms with Crippen molar-refractivity contribution >= 4 is 11.3 Å². The minimum Gasteiger partial charge on any atom is -0.134 e. The number of fused-ring (bicyclic) bond motifs is 20. The van der Waals surface area contributed by atoms with Crippen molar-refractivity contribution in [3.05, 3.63) is 334 Å². The molecule has 11 aromatic carbocycles. The molecule has 0 radical (unpaired) electrons. The maximum atomic E-state index is 2.58. The van der Waals surface area contributed by atoms with Gasteiger partial charge in [-0.25, -0.2) is 0 Å². The Balaban J connectivity index is 0.852. The summed E-state index contributed by atoms with van der Waals surface area (Å²) in [6.45, 7) is 0. The lowest BCUT2D eigenvalue weighted by Crippen LogP contribution is -2.27. The quantitative estimate of drug-likeness (QED) is 0.149. The summed E-state index contributed by atoms with van der Waals surface area (Å²) >= 11 is 1.95. The van der Waals surface area contributed by atoms with E-state index in [4.69, 9.17) is 0 Å². The van der Waals surface area contributed by atoms with Crippen molar-refractivity contribution in [2.75, 3.05) is 0 Å². The maximum absolute atomic E-state index is 2.58. The molecule has 0 saturated carbocycles. The van der Waals surface area contributed by atoms with Gasteiger partial charge in [-0.15, -0.1) is 11.3 Å². The third-order valence-corrected chi connectivity index (χ3v) is 18.6. The van der Waals surface area contributed by atoms with Gasteiger partial charge in [-0.2, -0.15) is 0 Å². The summed E-state index contributed by atoms with van der Waals surface area (Å²) in [6, 6.07) is 103. The van der Waals surface area contributed by atoms with Gasteiger partial charge in [0.15, 0.2) is 0 Å². The van der Waals surface area contributed by atoms with E-state index in [1.54, 1.807) is 0 Å². The van der Waals surface area contributed by atoms with Crippen LogP contribution in [0.25, 0.3) is 76.5 Å². The van der Waals surface area contributed by atoms with Gasteiger partial charge in [-0.1, -0.05) is 273 Å². The summed E-state index contributed by atoms with van der Waals surface area (Å²) in [7, 11) is 0. The highest BCUT2D eigenvalue weighted by atomic mass is 32.1. The van der Waals surface area contributed by atoms with Crippen LogP contribution in [0.15, 0.2) is 273 Å². The van der Waals surface area contributed by atoms with Crippen LogP contribution in [0.3, 0.4) is 0 Å². The zero-order valence-corrected chi connectivity index (χ0v) is 42.0. The van der Waals surface area contributed by atoms with Crippen molar-refractivity contribution in [2.24, 2.45) is 0 Å². The Bertz CT molecular complexity index is 4190. The fourth-order valence-electron chi connectivity index (χ4n) is 14.4. The molecule has 12 aromatic rings. The number of rotatable bonds is 7. The molecule has 0 nitrogen and oxygen atoms in total. The lowest BCUT2D eigenvalue weighted by atomic mass is 9.68. The highest BCUT2D eigenvalue weighted by Gasteiger charge is 2.56. The molecule has 1 heteroatoms. The van der Waals surface area contributed by atoms with Crippen LogP contribution in [0.1, 0.15) is 67.1 Å². The Kier molecular flexibility index (Phi) is 9.27. The average Bonchev–Trinajstić information content (AvgIpc) is 4.45. The van der Waals surface area contributed by atoms with Crippen LogP contribution in [0.5, 0.6) is 0 Å². The van der Waals surface area contributed by atoms with E-state index in [1.807, 2.05) is 11.3 Å². The van der Waals surface area contributed by atoms with Crippen molar-refractivity contribution in [2.45, 2.75) is 23.2 Å². The van der Waals surface area contributed by atoms with E-state index >= 15 is 0 Å². The predicted molar refractivity (Wildman–Crippen MR) is 312 cm³/mol. The number of thiophene rings is 1. The highest BCUT2D eigenvalue weighted by molar-refractivity contribution is 7.19. The minimum atomic E-state index is -0.537. The summed E-state index contributed by atoms with van der Waals surface area (Å²) in [5.74, 6) is 0.135. The standard InChI is InChI=1S/C74H48S/c1-4-21-48(22-5-1)61(52-43-44-58-56-29-12-17-36-64(56)73(67(58)46-52)62-34-15-10-27-54(62)55-28-11-16-35-63(55)73)45-47-39-41-49(42-40-47)53-32-20-33-59-57-30-13-18-37-65(57)74(69(53)59)66-38-19-14-31-60(66)68-70(74)72(51-25-8-3-9-26-51)75-71(68)50-23-6-2-7-24-50/h1-44,46,61H,45H2. The molecule has 1 heterocycles. The largest absolute Gasteiger partial charge is 0.134 e. The van der Waals surface area contributed by atoms with Gasteiger partial charge >= 0.3 is 0 Å². The van der Waals surface area contributed by atoms with Crippen LogP contribution in [0.4, 0.5) is 0 Å². The Morgan fingerprint density at radius 1 is 0.280 bits per heavy atom. The Hall–Kier alpha value is -8.88. The molecule has 0 fully saturated rings. The molecule has 0 N–H and O–H groups in total. The van der Waals surface area contributed by atoms with Gasteiger partial charge in [-0.3, -0.25) is 0 Å². The second-order valence-electron chi connectivity index (χ2n) is 20.9. The second kappa shape index (κ2) is 16.3. The molecule has 0 saturated heterocycles. The average molecular weight is 969 g/mol. The van der Waals surface area contributed by atoms with Gasteiger partial charge in [0.1, 0.15) is 0 Å². The smallest absolute Gasteiger partial charge is 0.0746 e. The van der Waals surface area contributed by atoms with Crippen LogP contribution in [0, 0.1) is 0 Å². The fraction of sp³-hybridized carbons (Fsp3) is 0.0541. The molecule has 4 aliphatic rings. The molecule has 0 amide bonds. The van der Waals surface area contributed by atoms with E-state index in [9.17, 15) is 0 Å². The Morgan fingerprint density at radius 2 is 0.720 bits per heavy atom. The number of benzene rings is 11. The van der Waals surface area contributed by atoms with Gasteiger partial charge < -0.3 is 0 Å². The SMILES string of the molecule is c1ccc(-c2sc(-c3ccccc3)c3c2-c2ccccc2C32c3ccccc3-c3cccc(-c4ccc(CC(c5ccccc5)c5ccc6c(c5)C5(c7ccccc7-c7ccccc75)c5ccccc5-6)cc4)c32)cc1. The monoisotopic (exact) mass is 968 g/mol. The van der Waals surface area contributed by atoms with Gasteiger partial charge in [0.2, 0.25) is 0 Å². The maximum Gasteiger partial charge on any atom is 0.0746 e. The van der Waals surface area contributed by atoms with Crippen molar-refractivity contribution in [1.82, 2.24) is 0 Å². The normalized spacial score (nSPS) is 15.6. The molecule has 1 aromatic heterocycles. The lowest BCUT2D eigenvalue weighted by Gasteiger charge is -2.33. The van der Waals surface area contributed by atoms with Gasteiger partial charge in [0.25, 0.3) is 0 Å². The molecule has 4 aliphatic carbocycles. The first-order valence-electron chi connectivity index (χ1n) is 26.4. The zero-order chi connectivity index (χ0) is 49.2. The summed E-state index contributed by atoms with van der Waals surface area (Å²) in [6.07, 6.45) is 0.868. The van der Waals surface area contributed by atoms with Crippen LogP contribution in [-0.4, -0.2) is 0 Å².